The van der Waals surface area contributed by atoms with Crippen molar-refractivity contribution in [1.82, 2.24) is 9.97 Å². The number of aromatic nitrogens is 2. The van der Waals surface area contributed by atoms with Gasteiger partial charge in [0.15, 0.2) is 0 Å². The molecule has 24 heavy (non-hydrogen) atoms. The van der Waals surface area contributed by atoms with E-state index in [9.17, 15) is 4.39 Å². The van der Waals surface area contributed by atoms with E-state index in [1.165, 1.54) is 12.1 Å². The Morgan fingerprint density at radius 2 is 2.08 bits per heavy atom. The van der Waals surface area contributed by atoms with E-state index in [0.29, 0.717) is 36.5 Å². The lowest BCUT2D eigenvalue weighted by Gasteiger charge is -2.25. The highest BCUT2D eigenvalue weighted by atomic mass is 79.9. The van der Waals surface area contributed by atoms with Crippen molar-refractivity contribution >= 4 is 49.9 Å². The average Bonchev–Trinajstić information content (AvgIpc) is 2.78. The Bertz CT molecular complexity index is 937. The second-order valence-corrected chi connectivity index (χ2v) is 6.61. The van der Waals surface area contributed by atoms with Gasteiger partial charge in [0.2, 0.25) is 5.28 Å². The standard InChI is InChI=1S/C17H12BrClFN3O/c18-13-2-1-3-15-12(13)9-24-7-6-23(15)16-11-8-10(20)4-5-14(11)21-17(19)22-16/h1-5,8H,6-7,9H2. The van der Waals surface area contributed by atoms with Crippen molar-refractivity contribution in [3.63, 3.8) is 0 Å². The van der Waals surface area contributed by atoms with Crippen LogP contribution in [0.1, 0.15) is 5.56 Å². The topological polar surface area (TPSA) is 38.2 Å². The third-order valence-electron chi connectivity index (χ3n) is 3.96. The number of rotatable bonds is 1. The van der Waals surface area contributed by atoms with Gasteiger partial charge in [0.05, 0.1) is 18.7 Å². The van der Waals surface area contributed by atoms with Crippen LogP contribution in [0, 0.1) is 5.82 Å². The van der Waals surface area contributed by atoms with Gasteiger partial charge >= 0.3 is 0 Å². The van der Waals surface area contributed by atoms with E-state index in [0.717, 1.165) is 15.7 Å². The molecule has 0 bridgehead atoms. The van der Waals surface area contributed by atoms with E-state index in [-0.39, 0.29) is 11.1 Å². The van der Waals surface area contributed by atoms with Crippen LogP contribution in [0.25, 0.3) is 10.9 Å². The molecule has 4 nitrogen and oxygen atoms in total. The molecule has 1 aliphatic heterocycles. The van der Waals surface area contributed by atoms with Crippen molar-refractivity contribution < 1.29 is 9.13 Å². The maximum absolute atomic E-state index is 13.8. The molecule has 0 amide bonds. The summed E-state index contributed by atoms with van der Waals surface area (Å²) in [6.45, 7) is 1.61. The summed E-state index contributed by atoms with van der Waals surface area (Å²) < 4.78 is 20.4. The number of ether oxygens (including phenoxy) is 1. The van der Waals surface area contributed by atoms with Gasteiger partial charge in [-0.2, -0.15) is 4.98 Å². The predicted molar refractivity (Wildman–Crippen MR) is 95.3 cm³/mol. The SMILES string of the molecule is Fc1ccc2nc(Cl)nc(N3CCOCc4c(Br)cccc43)c2c1. The molecule has 0 unspecified atom stereocenters. The van der Waals surface area contributed by atoms with Crippen molar-refractivity contribution in [1.29, 1.82) is 0 Å². The summed E-state index contributed by atoms with van der Waals surface area (Å²) in [6, 6.07) is 10.3. The fourth-order valence-electron chi connectivity index (χ4n) is 2.88. The summed E-state index contributed by atoms with van der Waals surface area (Å²) in [5.74, 6) is 0.240. The largest absolute Gasteiger partial charge is 0.375 e. The van der Waals surface area contributed by atoms with Gasteiger partial charge in [-0.3, -0.25) is 0 Å². The number of fused-ring (bicyclic) bond motifs is 2. The second-order valence-electron chi connectivity index (χ2n) is 5.42. The first-order valence-electron chi connectivity index (χ1n) is 7.39. The first-order valence-corrected chi connectivity index (χ1v) is 8.56. The van der Waals surface area contributed by atoms with Crippen LogP contribution in [0.2, 0.25) is 5.28 Å². The highest BCUT2D eigenvalue weighted by molar-refractivity contribution is 9.10. The Morgan fingerprint density at radius 1 is 1.21 bits per heavy atom. The quantitative estimate of drug-likeness (QED) is 0.539. The van der Waals surface area contributed by atoms with Gasteiger partial charge < -0.3 is 9.64 Å². The molecule has 2 heterocycles. The summed E-state index contributed by atoms with van der Waals surface area (Å²) in [5.41, 5.74) is 2.59. The van der Waals surface area contributed by atoms with Crippen LogP contribution in [0.5, 0.6) is 0 Å². The van der Waals surface area contributed by atoms with Crippen LogP contribution in [0.3, 0.4) is 0 Å². The van der Waals surface area contributed by atoms with E-state index in [1.807, 2.05) is 23.1 Å². The molecular weight excluding hydrogens is 397 g/mol. The molecule has 0 saturated carbocycles. The summed E-state index contributed by atoms with van der Waals surface area (Å²) in [4.78, 5) is 10.6. The minimum absolute atomic E-state index is 0.130. The van der Waals surface area contributed by atoms with Gasteiger partial charge in [0.25, 0.3) is 0 Å². The molecule has 0 atom stereocenters. The molecule has 2 aromatic carbocycles. The Balaban J connectivity index is 1.98. The Morgan fingerprint density at radius 3 is 2.96 bits per heavy atom. The summed E-state index contributed by atoms with van der Waals surface area (Å²) in [7, 11) is 0. The molecule has 4 rings (SSSR count). The number of hydrogen-bond acceptors (Lipinski definition) is 4. The van der Waals surface area contributed by atoms with Gasteiger partial charge in [-0.05, 0) is 41.9 Å². The number of hydrogen-bond donors (Lipinski definition) is 0. The van der Waals surface area contributed by atoms with Gasteiger partial charge in [-0.15, -0.1) is 0 Å². The Hall–Kier alpha value is -1.76. The molecule has 1 aromatic heterocycles. The van der Waals surface area contributed by atoms with Gasteiger partial charge in [-0.1, -0.05) is 22.0 Å². The van der Waals surface area contributed by atoms with Gasteiger partial charge in [0, 0.05) is 27.7 Å². The van der Waals surface area contributed by atoms with Crippen LogP contribution in [-0.2, 0) is 11.3 Å². The van der Waals surface area contributed by atoms with Crippen LogP contribution in [0.4, 0.5) is 15.9 Å². The molecule has 0 fully saturated rings. The molecule has 0 N–H and O–H groups in total. The summed E-state index contributed by atoms with van der Waals surface area (Å²) in [5, 5.41) is 0.748. The van der Waals surface area contributed by atoms with E-state index >= 15 is 0 Å². The normalized spacial score (nSPS) is 14.5. The van der Waals surface area contributed by atoms with Crippen molar-refractivity contribution in [2.75, 3.05) is 18.1 Å². The highest BCUT2D eigenvalue weighted by Crippen LogP contribution is 2.37. The highest BCUT2D eigenvalue weighted by Gasteiger charge is 2.22. The number of benzene rings is 2. The third-order valence-corrected chi connectivity index (χ3v) is 4.87. The molecule has 0 radical (unpaired) electrons. The fourth-order valence-corrected chi connectivity index (χ4v) is 3.52. The number of halogens is 3. The van der Waals surface area contributed by atoms with Crippen LogP contribution in [0.15, 0.2) is 40.9 Å². The van der Waals surface area contributed by atoms with Crippen LogP contribution in [-0.4, -0.2) is 23.1 Å². The molecule has 3 aromatic rings. The van der Waals surface area contributed by atoms with E-state index < -0.39 is 0 Å². The Kier molecular flexibility index (Phi) is 4.12. The maximum Gasteiger partial charge on any atom is 0.224 e. The second kappa shape index (κ2) is 6.27. The minimum atomic E-state index is -0.338. The number of anilines is 2. The van der Waals surface area contributed by atoms with Crippen molar-refractivity contribution in [2.45, 2.75) is 6.61 Å². The zero-order valence-corrected chi connectivity index (χ0v) is 14.8. The zero-order valence-electron chi connectivity index (χ0n) is 12.5. The first-order chi connectivity index (χ1) is 11.6. The van der Waals surface area contributed by atoms with E-state index in [2.05, 4.69) is 25.9 Å². The summed E-state index contributed by atoms with van der Waals surface area (Å²) >= 11 is 9.67. The Labute approximate surface area is 151 Å². The lowest BCUT2D eigenvalue weighted by molar-refractivity contribution is 0.133. The molecule has 7 heteroatoms. The average molecular weight is 409 g/mol. The fraction of sp³-hybridized carbons (Fsp3) is 0.176. The smallest absolute Gasteiger partial charge is 0.224 e. The van der Waals surface area contributed by atoms with E-state index in [4.69, 9.17) is 16.3 Å². The maximum atomic E-state index is 13.8. The molecular formula is C17H12BrClFN3O. The first kappa shape index (κ1) is 15.7. The van der Waals surface area contributed by atoms with E-state index in [1.54, 1.807) is 6.07 Å². The number of nitrogens with zero attached hydrogens (tertiary/aromatic N) is 3. The van der Waals surface area contributed by atoms with Crippen molar-refractivity contribution in [3.8, 4) is 0 Å². The molecule has 0 spiro atoms. The lowest BCUT2D eigenvalue weighted by atomic mass is 10.1. The lowest BCUT2D eigenvalue weighted by Crippen LogP contribution is -2.22. The molecule has 122 valence electrons. The van der Waals surface area contributed by atoms with Gasteiger partial charge in [0.1, 0.15) is 11.6 Å². The predicted octanol–water partition coefficient (Wildman–Crippen LogP) is 4.85. The van der Waals surface area contributed by atoms with Crippen LogP contribution < -0.4 is 4.90 Å². The van der Waals surface area contributed by atoms with Crippen molar-refractivity contribution in [2.24, 2.45) is 0 Å². The minimum Gasteiger partial charge on any atom is -0.375 e. The molecule has 0 saturated heterocycles. The van der Waals surface area contributed by atoms with Gasteiger partial charge in [-0.25, -0.2) is 9.37 Å². The molecule has 1 aliphatic rings. The zero-order chi connectivity index (χ0) is 16.7. The third kappa shape index (κ3) is 2.75. The monoisotopic (exact) mass is 407 g/mol. The summed E-state index contributed by atoms with van der Waals surface area (Å²) in [6.07, 6.45) is 0. The van der Waals surface area contributed by atoms with Crippen LogP contribution >= 0.6 is 27.5 Å². The molecule has 0 aliphatic carbocycles. The van der Waals surface area contributed by atoms with Crippen molar-refractivity contribution in [3.05, 3.63) is 57.5 Å².